The lowest BCUT2D eigenvalue weighted by Gasteiger charge is -2.19. The zero-order valence-corrected chi connectivity index (χ0v) is 20.1. The van der Waals surface area contributed by atoms with Crippen molar-refractivity contribution in [2.45, 2.75) is 11.4 Å². The number of benzene rings is 3. The molecular weight excluding hydrogens is 472 g/mol. The van der Waals surface area contributed by atoms with Crippen LogP contribution in [0.1, 0.15) is 15.9 Å². The van der Waals surface area contributed by atoms with Gasteiger partial charge in [-0.05, 0) is 23.8 Å². The van der Waals surface area contributed by atoms with Crippen molar-refractivity contribution >= 4 is 32.6 Å². The van der Waals surface area contributed by atoms with Crippen molar-refractivity contribution in [1.29, 1.82) is 0 Å². The van der Waals surface area contributed by atoms with E-state index >= 15 is 0 Å². The summed E-state index contributed by atoms with van der Waals surface area (Å²) in [5, 5.41) is 3.00. The summed E-state index contributed by atoms with van der Waals surface area (Å²) in [7, 11) is -1.06. The average molecular weight is 495 g/mol. The van der Waals surface area contributed by atoms with Gasteiger partial charge in [-0.15, -0.1) is 0 Å². The minimum atomic E-state index is -3.94. The lowest BCUT2D eigenvalue weighted by molar-refractivity contribution is 0.102. The zero-order valence-electron chi connectivity index (χ0n) is 18.5. The number of nitrogens with one attached hydrogen (secondary N) is 1. The Morgan fingerprint density at radius 1 is 1.03 bits per heavy atom. The molecule has 0 saturated carbocycles. The molecule has 174 valence electrons. The van der Waals surface area contributed by atoms with Gasteiger partial charge in [-0.2, -0.15) is 13.7 Å². The van der Waals surface area contributed by atoms with Crippen molar-refractivity contribution in [3.05, 3.63) is 90.0 Å². The Kier molecular flexibility index (Phi) is 7.01. The highest BCUT2D eigenvalue weighted by molar-refractivity contribution is 7.89. The van der Waals surface area contributed by atoms with E-state index in [1.54, 1.807) is 0 Å². The van der Waals surface area contributed by atoms with Crippen molar-refractivity contribution < 1.29 is 17.9 Å². The van der Waals surface area contributed by atoms with E-state index in [1.165, 1.54) is 36.7 Å². The van der Waals surface area contributed by atoms with Crippen molar-refractivity contribution in [3.63, 3.8) is 0 Å². The Balaban J connectivity index is 1.57. The second-order valence-corrected chi connectivity index (χ2v) is 10.1. The third-order valence-electron chi connectivity index (χ3n) is 5.04. The molecule has 0 radical (unpaired) electrons. The summed E-state index contributed by atoms with van der Waals surface area (Å²) in [6.45, 7) is 0.176. The predicted octanol–water partition coefficient (Wildman–Crippen LogP) is 4.29. The molecular formula is C24H22N4O4S2. The largest absolute Gasteiger partial charge is 0.495 e. The van der Waals surface area contributed by atoms with Gasteiger partial charge < -0.3 is 4.74 Å². The molecule has 0 aliphatic carbocycles. The Bertz CT molecular complexity index is 1390. The van der Waals surface area contributed by atoms with Crippen LogP contribution in [0.5, 0.6) is 5.75 Å². The van der Waals surface area contributed by atoms with Crippen LogP contribution in [0.4, 0.5) is 5.13 Å². The molecule has 3 aromatic carbocycles. The monoisotopic (exact) mass is 494 g/mol. The number of anilines is 1. The number of rotatable bonds is 8. The Labute approximate surface area is 202 Å². The van der Waals surface area contributed by atoms with Gasteiger partial charge in [0.25, 0.3) is 5.91 Å². The number of amides is 1. The normalized spacial score (nSPS) is 11.4. The van der Waals surface area contributed by atoms with E-state index in [0.29, 0.717) is 11.0 Å². The number of hydrogen-bond acceptors (Lipinski definition) is 7. The van der Waals surface area contributed by atoms with Crippen molar-refractivity contribution in [2.24, 2.45) is 0 Å². The second-order valence-electron chi connectivity index (χ2n) is 7.36. The fourth-order valence-electron chi connectivity index (χ4n) is 3.26. The smallest absolute Gasteiger partial charge is 0.257 e. The Morgan fingerprint density at radius 2 is 1.71 bits per heavy atom. The van der Waals surface area contributed by atoms with E-state index in [0.717, 1.165) is 22.7 Å². The molecule has 0 aliphatic rings. The van der Waals surface area contributed by atoms with Crippen LogP contribution in [0, 0.1) is 0 Å². The van der Waals surface area contributed by atoms with Gasteiger partial charge >= 0.3 is 0 Å². The molecule has 0 aliphatic heterocycles. The number of carbonyl (C=O) groups is 1. The van der Waals surface area contributed by atoms with Crippen molar-refractivity contribution in [1.82, 2.24) is 13.7 Å². The number of hydrogen-bond donors (Lipinski definition) is 1. The molecule has 1 aromatic heterocycles. The molecule has 0 fully saturated rings. The molecule has 34 heavy (non-hydrogen) atoms. The summed E-state index contributed by atoms with van der Waals surface area (Å²) < 4.78 is 37.4. The number of ether oxygens (including phenoxy) is 1. The zero-order chi connectivity index (χ0) is 24.1. The number of nitrogens with zero attached hydrogens (tertiary/aromatic N) is 3. The molecule has 0 bridgehead atoms. The lowest BCUT2D eigenvalue weighted by Crippen LogP contribution is -2.27. The van der Waals surface area contributed by atoms with Crippen LogP contribution in [0.25, 0.3) is 11.4 Å². The van der Waals surface area contributed by atoms with Gasteiger partial charge in [-0.3, -0.25) is 10.1 Å². The quantitative estimate of drug-likeness (QED) is 0.392. The van der Waals surface area contributed by atoms with Crippen LogP contribution in [0.15, 0.2) is 83.8 Å². The van der Waals surface area contributed by atoms with Crippen LogP contribution < -0.4 is 10.1 Å². The third-order valence-corrected chi connectivity index (χ3v) is 7.50. The topological polar surface area (TPSA) is 101 Å². The summed E-state index contributed by atoms with van der Waals surface area (Å²) in [4.78, 5) is 17.1. The SMILES string of the molecule is COc1ccc(C(=O)Nc2nc(-c3ccccc3)ns2)cc1S(=O)(=O)N(C)Cc1ccccc1. The number of aromatic nitrogens is 2. The maximum Gasteiger partial charge on any atom is 0.257 e. The molecule has 1 N–H and O–H groups in total. The summed E-state index contributed by atoms with van der Waals surface area (Å²) in [5.74, 6) is 0.153. The minimum Gasteiger partial charge on any atom is -0.495 e. The molecule has 4 aromatic rings. The minimum absolute atomic E-state index is 0.0941. The van der Waals surface area contributed by atoms with Gasteiger partial charge in [0.2, 0.25) is 15.2 Å². The Morgan fingerprint density at radius 3 is 2.38 bits per heavy atom. The molecule has 4 rings (SSSR count). The van der Waals surface area contributed by atoms with Crippen molar-refractivity contribution in [3.8, 4) is 17.1 Å². The summed E-state index contributed by atoms with van der Waals surface area (Å²) in [6, 6.07) is 22.9. The fourth-order valence-corrected chi connectivity index (χ4v) is 5.18. The van der Waals surface area contributed by atoms with Crippen LogP contribution in [0.3, 0.4) is 0 Å². The first-order chi connectivity index (χ1) is 16.4. The highest BCUT2D eigenvalue weighted by atomic mass is 32.2. The summed E-state index contributed by atoms with van der Waals surface area (Å²) >= 11 is 1.05. The number of carbonyl (C=O) groups excluding carboxylic acids is 1. The lowest BCUT2D eigenvalue weighted by atomic mass is 10.2. The van der Waals surface area contributed by atoms with E-state index in [-0.39, 0.29) is 22.8 Å². The number of sulfonamides is 1. The maximum atomic E-state index is 13.3. The highest BCUT2D eigenvalue weighted by Crippen LogP contribution is 2.29. The molecule has 0 saturated heterocycles. The molecule has 1 amide bonds. The first kappa shape index (κ1) is 23.6. The van der Waals surface area contributed by atoms with Crippen molar-refractivity contribution in [2.75, 3.05) is 19.5 Å². The van der Waals surface area contributed by atoms with E-state index in [9.17, 15) is 13.2 Å². The van der Waals surface area contributed by atoms with Crippen LogP contribution in [-0.2, 0) is 16.6 Å². The van der Waals surface area contributed by atoms with E-state index in [1.807, 2.05) is 60.7 Å². The summed E-state index contributed by atoms with van der Waals surface area (Å²) in [5.41, 5.74) is 1.83. The molecule has 0 unspecified atom stereocenters. The average Bonchev–Trinajstić information content (AvgIpc) is 3.33. The second kappa shape index (κ2) is 10.1. The highest BCUT2D eigenvalue weighted by Gasteiger charge is 2.26. The first-order valence-corrected chi connectivity index (χ1v) is 12.5. The van der Waals surface area contributed by atoms with E-state index in [4.69, 9.17) is 4.74 Å². The van der Waals surface area contributed by atoms with Crippen LogP contribution in [-0.4, -0.2) is 42.1 Å². The molecule has 0 spiro atoms. The van der Waals surface area contributed by atoms with Crippen LogP contribution in [0.2, 0.25) is 0 Å². The molecule has 0 atom stereocenters. The molecule has 1 heterocycles. The van der Waals surface area contributed by atoms with Gasteiger partial charge in [-0.1, -0.05) is 60.7 Å². The predicted molar refractivity (Wildman–Crippen MR) is 131 cm³/mol. The van der Waals surface area contributed by atoms with E-state index < -0.39 is 15.9 Å². The standard InChI is InChI=1S/C24H22N4O4S2/c1-28(16-17-9-5-3-6-10-17)34(30,31)21-15-19(13-14-20(21)32-2)23(29)26-24-25-22(27-33-24)18-11-7-4-8-12-18/h3-15H,16H2,1-2H3,(H,25,26,27,29). The van der Waals surface area contributed by atoms with Gasteiger partial charge in [0.1, 0.15) is 10.6 Å². The van der Waals surface area contributed by atoms with Gasteiger partial charge in [0, 0.05) is 36.3 Å². The number of methoxy groups -OCH3 is 1. The van der Waals surface area contributed by atoms with Gasteiger partial charge in [0.15, 0.2) is 5.82 Å². The molecule has 10 heteroatoms. The molecule has 8 nitrogen and oxygen atoms in total. The van der Waals surface area contributed by atoms with Gasteiger partial charge in [-0.25, -0.2) is 8.42 Å². The Hall–Kier alpha value is -3.60. The fraction of sp³-hybridized carbons (Fsp3) is 0.125. The van der Waals surface area contributed by atoms with Crippen LogP contribution >= 0.6 is 11.5 Å². The third kappa shape index (κ3) is 5.14. The summed E-state index contributed by atoms with van der Waals surface area (Å²) in [6.07, 6.45) is 0. The van der Waals surface area contributed by atoms with E-state index in [2.05, 4.69) is 14.7 Å². The van der Waals surface area contributed by atoms with Gasteiger partial charge in [0.05, 0.1) is 7.11 Å². The first-order valence-electron chi connectivity index (χ1n) is 10.3. The maximum absolute atomic E-state index is 13.3.